The maximum atomic E-state index is 6.36. The molecule has 6 heteroatoms. The first-order valence-electron chi connectivity index (χ1n) is 10.3. The highest BCUT2D eigenvalue weighted by Gasteiger charge is 2.24. The highest BCUT2D eigenvalue weighted by Crippen LogP contribution is 2.29. The fourth-order valence-corrected chi connectivity index (χ4v) is 3.93. The summed E-state index contributed by atoms with van der Waals surface area (Å²) >= 11 is 0. The van der Waals surface area contributed by atoms with Crippen LogP contribution in [0.1, 0.15) is 18.5 Å². The third kappa shape index (κ3) is 3.81. The van der Waals surface area contributed by atoms with Crippen LogP contribution in [-0.4, -0.2) is 39.1 Å². The predicted octanol–water partition coefficient (Wildman–Crippen LogP) is 4.44. The molecule has 1 aliphatic heterocycles. The molecule has 4 heterocycles. The van der Waals surface area contributed by atoms with E-state index in [1.165, 1.54) is 0 Å². The van der Waals surface area contributed by atoms with Gasteiger partial charge in [-0.05, 0) is 50.1 Å². The van der Waals surface area contributed by atoms with Crippen molar-refractivity contribution in [3.8, 4) is 17.1 Å². The van der Waals surface area contributed by atoms with Crippen LogP contribution in [0.15, 0.2) is 67.1 Å². The lowest BCUT2D eigenvalue weighted by Crippen LogP contribution is -2.41. The second kappa shape index (κ2) is 8.06. The van der Waals surface area contributed by atoms with Gasteiger partial charge in [-0.15, -0.1) is 0 Å². The molecule has 1 fully saturated rings. The third-order valence-corrected chi connectivity index (χ3v) is 5.40. The van der Waals surface area contributed by atoms with Gasteiger partial charge in [-0.3, -0.25) is 4.98 Å². The zero-order chi connectivity index (χ0) is 20.3. The van der Waals surface area contributed by atoms with E-state index in [0.29, 0.717) is 5.88 Å². The minimum atomic E-state index is 0.0328. The number of pyridine rings is 2. The molecule has 4 aromatic rings. The topological polar surface area (TPSA) is 64.0 Å². The van der Waals surface area contributed by atoms with Crippen LogP contribution in [0.5, 0.6) is 5.88 Å². The van der Waals surface area contributed by atoms with Crippen molar-refractivity contribution >= 4 is 16.7 Å². The summed E-state index contributed by atoms with van der Waals surface area (Å²) in [6, 6.07) is 16.4. The number of aryl methyl sites for hydroxylation is 1. The lowest BCUT2D eigenvalue weighted by Gasteiger charge is -2.33. The smallest absolute Gasteiger partial charge is 0.240 e. The largest absolute Gasteiger partial charge is 0.471 e. The van der Waals surface area contributed by atoms with Gasteiger partial charge in [-0.25, -0.2) is 15.0 Å². The molecule has 0 saturated carbocycles. The molecule has 1 unspecified atom stereocenters. The number of rotatable bonds is 4. The molecule has 0 N–H and O–H groups in total. The minimum Gasteiger partial charge on any atom is -0.471 e. The molecule has 6 nitrogen and oxygen atoms in total. The fraction of sp³-hybridized carbons (Fsp3) is 0.250. The number of anilines is 1. The van der Waals surface area contributed by atoms with Gasteiger partial charge in [0.25, 0.3) is 0 Å². The maximum Gasteiger partial charge on any atom is 0.240 e. The van der Waals surface area contributed by atoms with E-state index in [0.717, 1.165) is 59.6 Å². The van der Waals surface area contributed by atoms with Crippen LogP contribution >= 0.6 is 0 Å². The summed E-state index contributed by atoms with van der Waals surface area (Å²) in [5, 5.41) is 1.16. The lowest BCUT2D eigenvalue weighted by molar-refractivity contribution is 0.172. The number of nitrogens with zero attached hydrogens (tertiary/aromatic N) is 5. The second-order valence-corrected chi connectivity index (χ2v) is 7.59. The van der Waals surface area contributed by atoms with Crippen LogP contribution in [0.4, 0.5) is 5.82 Å². The van der Waals surface area contributed by atoms with E-state index in [1.54, 1.807) is 18.6 Å². The average Bonchev–Trinajstić information content (AvgIpc) is 2.79. The van der Waals surface area contributed by atoms with Crippen molar-refractivity contribution in [1.82, 2.24) is 19.9 Å². The van der Waals surface area contributed by atoms with Crippen molar-refractivity contribution in [3.63, 3.8) is 0 Å². The van der Waals surface area contributed by atoms with Crippen LogP contribution in [0.25, 0.3) is 22.2 Å². The SMILES string of the molecule is Cc1cc(-c2nccnc2OC2CCCN(c3ccc4ccccc4n3)C2)ccn1. The molecular formula is C24H23N5O. The van der Waals surface area contributed by atoms with Crippen molar-refractivity contribution in [2.45, 2.75) is 25.9 Å². The molecule has 150 valence electrons. The Hall–Kier alpha value is -3.54. The number of benzene rings is 1. The number of piperidine rings is 1. The molecule has 0 spiro atoms. The Morgan fingerprint density at radius 1 is 0.967 bits per heavy atom. The van der Waals surface area contributed by atoms with Crippen molar-refractivity contribution in [1.29, 1.82) is 0 Å². The summed E-state index contributed by atoms with van der Waals surface area (Å²) < 4.78 is 6.36. The van der Waals surface area contributed by atoms with Gasteiger partial charge in [0.1, 0.15) is 17.6 Å². The van der Waals surface area contributed by atoms with Crippen LogP contribution in [-0.2, 0) is 0 Å². The van der Waals surface area contributed by atoms with E-state index in [4.69, 9.17) is 9.72 Å². The molecule has 0 aliphatic carbocycles. The number of fused-ring (bicyclic) bond motifs is 1. The Morgan fingerprint density at radius 2 is 1.87 bits per heavy atom. The van der Waals surface area contributed by atoms with Gasteiger partial charge in [0, 0.05) is 41.8 Å². The predicted molar refractivity (Wildman–Crippen MR) is 118 cm³/mol. The first kappa shape index (κ1) is 18.5. The molecule has 3 aromatic heterocycles. The van der Waals surface area contributed by atoms with Crippen molar-refractivity contribution < 1.29 is 4.74 Å². The fourth-order valence-electron chi connectivity index (χ4n) is 3.93. The Morgan fingerprint density at radius 3 is 2.80 bits per heavy atom. The molecule has 0 amide bonds. The van der Waals surface area contributed by atoms with Gasteiger partial charge in [0.2, 0.25) is 5.88 Å². The highest BCUT2D eigenvalue weighted by atomic mass is 16.5. The van der Waals surface area contributed by atoms with Crippen LogP contribution < -0.4 is 9.64 Å². The monoisotopic (exact) mass is 397 g/mol. The summed E-state index contributed by atoms with van der Waals surface area (Å²) in [6.45, 7) is 3.72. The van der Waals surface area contributed by atoms with Gasteiger partial charge in [0.15, 0.2) is 0 Å². The molecule has 5 rings (SSSR count). The zero-order valence-corrected chi connectivity index (χ0v) is 16.9. The Labute approximate surface area is 175 Å². The number of hydrogen-bond donors (Lipinski definition) is 0. The highest BCUT2D eigenvalue weighted by molar-refractivity contribution is 5.80. The van der Waals surface area contributed by atoms with E-state index < -0.39 is 0 Å². The number of hydrogen-bond acceptors (Lipinski definition) is 6. The van der Waals surface area contributed by atoms with Crippen LogP contribution in [0.3, 0.4) is 0 Å². The molecule has 1 aliphatic rings. The molecule has 1 aromatic carbocycles. The van der Waals surface area contributed by atoms with Crippen LogP contribution in [0.2, 0.25) is 0 Å². The molecule has 0 radical (unpaired) electrons. The first-order valence-corrected chi connectivity index (χ1v) is 10.3. The van der Waals surface area contributed by atoms with E-state index in [9.17, 15) is 0 Å². The normalized spacial score (nSPS) is 16.6. The van der Waals surface area contributed by atoms with Gasteiger partial charge in [-0.2, -0.15) is 0 Å². The lowest BCUT2D eigenvalue weighted by atomic mass is 10.1. The standard InChI is InChI=1S/C24H23N5O/c1-17-15-19(10-11-25-17)23-24(27-13-12-26-23)30-20-6-4-14-29(16-20)22-9-8-18-5-2-3-7-21(18)28-22/h2-3,5,7-13,15,20H,4,6,14,16H2,1H3. The Bertz CT molecular complexity index is 1180. The van der Waals surface area contributed by atoms with Gasteiger partial charge in [0.05, 0.1) is 12.1 Å². The maximum absolute atomic E-state index is 6.36. The summed E-state index contributed by atoms with van der Waals surface area (Å²) in [7, 11) is 0. The van der Waals surface area contributed by atoms with Gasteiger partial charge >= 0.3 is 0 Å². The van der Waals surface area contributed by atoms with Crippen molar-refractivity contribution in [3.05, 3.63) is 72.8 Å². The molecule has 0 bridgehead atoms. The zero-order valence-electron chi connectivity index (χ0n) is 16.9. The summed E-state index contributed by atoms with van der Waals surface area (Å²) in [6.07, 6.45) is 7.23. The van der Waals surface area contributed by atoms with Crippen LogP contribution in [0, 0.1) is 6.92 Å². The minimum absolute atomic E-state index is 0.0328. The van der Waals surface area contributed by atoms with Crippen molar-refractivity contribution in [2.24, 2.45) is 0 Å². The van der Waals surface area contributed by atoms with E-state index in [-0.39, 0.29) is 6.10 Å². The number of para-hydroxylation sites is 1. The summed E-state index contributed by atoms with van der Waals surface area (Å²) in [4.78, 5) is 20.4. The van der Waals surface area contributed by atoms with E-state index >= 15 is 0 Å². The summed E-state index contributed by atoms with van der Waals surface area (Å²) in [5.74, 6) is 1.56. The van der Waals surface area contributed by atoms with E-state index in [2.05, 4.69) is 44.1 Å². The molecular weight excluding hydrogens is 374 g/mol. The van der Waals surface area contributed by atoms with Crippen molar-refractivity contribution in [2.75, 3.05) is 18.0 Å². The third-order valence-electron chi connectivity index (χ3n) is 5.40. The van der Waals surface area contributed by atoms with Gasteiger partial charge in [-0.1, -0.05) is 18.2 Å². The quantitative estimate of drug-likeness (QED) is 0.507. The molecule has 1 atom stereocenters. The molecule has 30 heavy (non-hydrogen) atoms. The van der Waals surface area contributed by atoms with E-state index in [1.807, 2.05) is 31.2 Å². The summed E-state index contributed by atoms with van der Waals surface area (Å²) in [5.41, 5.74) is 3.68. The second-order valence-electron chi connectivity index (χ2n) is 7.59. The first-order chi connectivity index (χ1) is 14.8. The number of aromatic nitrogens is 4. The number of ether oxygens (including phenoxy) is 1. The van der Waals surface area contributed by atoms with Gasteiger partial charge < -0.3 is 9.64 Å². The Kier molecular flexibility index (Phi) is 4.97. The molecule has 1 saturated heterocycles. The average molecular weight is 397 g/mol. The Balaban J connectivity index is 1.37.